The molecular weight excluding hydrogens is 353 g/mol. The van der Waals surface area contributed by atoms with E-state index < -0.39 is 12.0 Å². The monoisotopic (exact) mass is 383 g/mol. The smallest absolute Gasteiger partial charge is 0.306 e. The average Bonchev–Trinajstić information content (AvgIpc) is 3.09. The third-order valence-electron chi connectivity index (χ3n) is 6.11. The zero-order valence-corrected chi connectivity index (χ0v) is 16.5. The van der Waals surface area contributed by atoms with E-state index in [2.05, 4.69) is 18.1 Å². The number of aromatic amines is 1. The van der Waals surface area contributed by atoms with Crippen molar-refractivity contribution in [2.45, 2.75) is 44.5 Å². The molecule has 3 rings (SSSR count). The molecule has 2 aromatic rings. The molecule has 0 saturated heterocycles. The Morgan fingerprint density at radius 3 is 2.86 bits per heavy atom. The predicted molar refractivity (Wildman–Crippen MR) is 113 cm³/mol. The van der Waals surface area contributed by atoms with Gasteiger partial charge in [-0.05, 0) is 42.7 Å². The number of nitrogens with two attached hydrogens (primary N) is 1. The summed E-state index contributed by atoms with van der Waals surface area (Å²) in [5, 5.41) is 13.6. The van der Waals surface area contributed by atoms with E-state index in [0.29, 0.717) is 25.3 Å². The van der Waals surface area contributed by atoms with Crippen molar-refractivity contribution in [1.82, 2.24) is 10.3 Å². The molecule has 5 N–H and O–H groups in total. The first-order valence-corrected chi connectivity index (χ1v) is 10.3. The van der Waals surface area contributed by atoms with E-state index in [-0.39, 0.29) is 17.7 Å². The number of hydrogen-bond acceptors (Lipinski definition) is 3. The van der Waals surface area contributed by atoms with Crippen LogP contribution in [0.25, 0.3) is 10.9 Å². The van der Waals surface area contributed by atoms with Gasteiger partial charge in [-0.3, -0.25) is 9.59 Å². The molecule has 28 heavy (non-hydrogen) atoms. The van der Waals surface area contributed by atoms with Gasteiger partial charge in [0.15, 0.2) is 0 Å². The van der Waals surface area contributed by atoms with Gasteiger partial charge in [-0.15, -0.1) is 0 Å². The number of fused-ring (bicyclic) bond motifs is 1. The molecule has 1 heterocycles. The van der Waals surface area contributed by atoms with Crippen molar-refractivity contribution in [3.8, 4) is 0 Å². The molecule has 0 bridgehead atoms. The molecule has 0 unspecified atom stereocenters. The lowest BCUT2D eigenvalue weighted by atomic mass is 9.71. The van der Waals surface area contributed by atoms with Crippen molar-refractivity contribution in [3.05, 3.63) is 36.0 Å². The minimum atomic E-state index is -0.747. The number of rotatable bonds is 8. The number of carbonyl (C=O) groups excluding carboxylic acids is 1. The molecule has 4 atom stereocenters. The summed E-state index contributed by atoms with van der Waals surface area (Å²) >= 11 is 0. The summed E-state index contributed by atoms with van der Waals surface area (Å²) < 4.78 is 0. The summed E-state index contributed by atoms with van der Waals surface area (Å²) in [5.74, 6) is -0.874. The van der Waals surface area contributed by atoms with Gasteiger partial charge in [0.1, 0.15) is 7.85 Å². The average molecular weight is 383 g/mol. The van der Waals surface area contributed by atoms with Crippen LogP contribution in [0.3, 0.4) is 0 Å². The maximum atomic E-state index is 12.5. The minimum Gasteiger partial charge on any atom is -0.481 e. The van der Waals surface area contributed by atoms with E-state index in [4.69, 9.17) is 5.73 Å². The summed E-state index contributed by atoms with van der Waals surface area (Å²) in [7, 11) is 2.14. The summed E-state index contributed by atoms with van der Waals surface area (Å²) in [6, 6.07) is 7.28. The molecule has 1 aliphatic rings. The van der Waals surface area contributed by atoms with Crippen molar-refractivity contribution < 1.29 is 14.7 Å². The summed E-state index contributed by atoms with van der Waals surface area (Å²) in [6.45, 7) is 0.385. The van der Waals surface area contributed by atoms with E-state index in [1.807, 2.05) is 30.5 Å². The molecule has 1 aromatic heterocycles. The van der Waals surface area contributed by atoms with Crippen molar-refractivity contribution >= 4 is 30.6 Å². The first-order chi connectivity index (χ1) is 13.5. The Bertz CT molecular complexity index is 822. The van der Waals surface area contributed by atoms with Crippen LogP contribution in [0, 0.1) is 17.8 Å². The van der Waals surface area contributed by atoms with Crippen molar-refractivity contribution in [2.24, 2.45) is 23.5 Å². The molecule has 0 radical (unpaired) electrons. The molecule has 1 fully saturated rings. The van der Waals surface area contributed by atoms with E-state index >= 15 is 0 Å². The number of benzene rings is 1. The molecule has 0 aliphatic heterocycles. The van der Waals surface area contributed by atoms with E-state index in [1.54, 1.807) is 0 Å². The van der Waals surface area contributed by atoms with Gasteiger partial charge in [-0.1, -0.05) is 37.4 Å². The van der Waals surface area contributed by atoms with Crippen LogP contribution >= 0.6 is 0 Å². The number of hydrogen-bond donors (Lipinski definition) is 4. The summed E-state index contributed by atoms with van der Waals surface area (Å²) in [4.78, 5) is 27.4. The summed E-state index contributed by atoms with van der Waals surface area (Å²) in [5.41, 5.74) is 8.17. The van der Waals surface area contributed by atoms with Gasteiger partial charge in [-0.25, -0.2) is 0 Å². The Morgan fingerprint density at radius 2 is 2.11 bits per heavy atom. The Morgan fingerprint density at radius 1 is 1.32 bits per heavy atom. The largest absolute Gasteiger partial charge is 0.481 e. The topological polar surface area (TPSA) is 108 Å². The van der Waals surface area contributed by atoms with Crippen LogP contribution in [-0.2, 0) is 16.0 Å². The highest BCUT2D eigenvalue weighted by Crippen LogP contribution is 2.36. The highest BCUT2D eigenvalue weighted by atomic mass is 16.4. The third-order valence-corrected chi connectivity index (χ3v) is 6.11. The number of carbonyl (C=O) groups is 2. The first-order valence-electron chi connectivity index (χ1n) is 10.3. The number of H-pyrrole nitrogens is 1. The molecule has 1 aliphatic carbocycles. The Balaban J connectivity index is 1.54. The van der Waals surface area contributed by atoms with Gasteiger partial charge in [0.05, 0.1) is 12.0 Å². The van der Waals surface area contributed by atoms with Gasteiger partial charge in [0.2, 0.25) is 5.91 Å². The second-order valence-corrected chi connectivity index (χ2v) is 8.09. The molecule has 7 heteroatoms. The maximum Gasteiger partial charge on any atom is 0.306 e. The minimum absolute atomic E-state index is 0.0187. The Hall–Kier alpha value is -2.28. The molecule has 150 valence electrons. The molecule has 1 aromatic carbocycles. The second-order valence-electron chi connectivity index (χ2n) is 8.09. The van der Waals surface area contributed by atoms with Crippen LogP contribution in [0.2, 0.25) is 6.32 Å². The number of carboxylic acid groups (broad SMARTS) is 1. The number of aliphatic carboxylic acids is 1. The lowest BCUT2D eigenvalue weighted by Crippen LogP contribution is -2.46. The number of para-hydroxylation sites is 1. The highest BCUT2D eigenvalue weighted by Gasteiger charge is 2.35. The number of nitrogens with one attached hydrogen (secondary N) is 2. The first kappa shape index (κ1) is 20.5. The third kappa shape index (κ3) is 4.76. The van der Waals surface area contributed by atoms with Crippen LogP contribution in [0.4, 0.5) is 0 Å². The summed E-state index contributed by atoms with van der Waals surface area (Å²) in [6.07, 6.45) is 7.11. The molecule has 1 amide bonds. The lowest BCUT2D eigenvalue weighted by molar-refractivity contribution is -0.146. The van der Waals surface area contributed by atoms with Gasteiger partial charge in [0, 0.05) is 23.6 Å². The van der Waals surface area contributed by atoms with E-state index in [0.717, 1.165) is 42.0 Å². The second kappa shape index (κ2) is 9.28. The number of amides is 1. The van der Waals surface area contributed by atoms with Gasteiger partial charge < -0.3 is 21.1 Å². The molecule has 6 nitrogen and oxygen atoms in total. The van der Waals surface area contributed by atoms with Crippen molar-refractivity contribution in [1.29, 1.82) is 0 Å². The Kier molecular flexibility index (Phi) is 6.78. The fourth-order valence-corrected chi connectivity index (χ4v) is 4.53. The quantitative estimate of drug-likeness (QED) is 0.521. The molecule has 1 saturated carbocycles. The van der Waals surface area contributed by atoms with E-state index in [9.17, 15) is 14.7 Å². The zero-order chi connectivity index (χ0) is 20.1. The standard InChI is InChI=1S/C21H30BN3O3/c22-8-7-13-5-6-14(17(9-13)21(27)28)11-25-20(26)18(23)10-15-12-24-19-4-2-1-3-16(15)19/h1-4,12-14,17-18,24H,5-11,22-23H2,(H,25,26)(H,27,28)/t13-,14-,17-,18-/m0/s1. The van der Waals surface area contributed by atoms with Gasteiger partial charge in [0.25, 0.3) is 0 Å². The fraction of sp³-hybridized carbons (Fsp3) is 0.524. The maximum absolute atomic E-state index is 12.5. The molecule has 0 spiro atoms. The van der Waals surface area contributed by atoms with Crippen LogP contribution < -0.4 is 11.1 Å². The van der Waals surface area contributed by atoms with Crippen molar-refractivity contribution in [3.63, 3.8) is 0 Å². The SMILES string of the molecule is BCC[C@@H]1CC[C@@H](CNC(=O)[C@@H](N)Cc2c[nH]c3ccccc23)[C@@H](C(=O)O)C1. The molecular formula is C21H30BN3O3. The van der Waals surface area contributed by atoms with Crippen LogP contribution in [-0.4, -0.2) is 42.4 Å². The normalized spacial score (nSPS) is 23.4. The Labute approximate surface area is 166 Å². The lowest BCUT2D eigenvalue weighted by Gasteiger charge is -2.34. The highest BCUT2D eigenvalue weighted by molar-refractivity contribution is 6.08. The van der Waals surface area contributed by atoms with E-state index in [1.165, 1.54) is 0 Å². The van der Waals surface area contributed by atoms with Gasteiger partial charge >= 0.3 is 5.97 Å². The predicted octanol–water partition coefficient (Wildman–Crippen LogP) is 1.71. The van der Waals surface area contributed by atoms with Crippen LogP contribution in [0.15, 0.2) is 30.5 Å². The van der Waals surface area contributed by atoms with Crippen molar-refractivity contribution in [2.75, 3.05) is 6.54 Å². The zero-order valence-electron chi connectivity index (χ0n) is 16.5. The number of aromatic nitrogens is 1. The number of carboxylic acids is 1. The van der Waals surface area contributed by atoms with Gasteiger partial charge in [-0.2, -0.15) is 0 Å². The fourth-order valence-electron chi connectivity index (χ4n) is 4.53. The van der Waals surface area contributed by atoms with Crippen LogP contribution in [0.1, 0.15) is 31.2 Å². The van der Waals surface area contributed by atoms with Crippen LogP contribution in [0.5, 0.6) is 0 Å².